The van der Waals surface area contributed by atoms with Crippen LogP contribution in [0.15, 0.2) is 72.9 Å². The van der Waals surface area contributed by atoms with Crippen molar-refractivity contribution in [3.8, 4) is 0 Å². The Balaban J connectivity index is 1.33. The van der Waals surface area contributed by atoms with Gasteiger partial charge in [-0.1, -0.05) is 74.5 Å². The van der Waals surface area contributed by atoms with Gasteiger partial charge in [0.15, 0.2) is 5.65 Å². The lowest BCUT2D eigenvalue weighted by molar-refractivity contribution is 0.0543. The van der Waals surface area contributed by atoms with Crippen LogP contribution < -0.4 is 9.80 Å². The quantitative estimate of drug-likeness (QED) is 0.204. The highest BCUT2D eigenvalue weighted by Gasteiger charge is 2.34. The van der Waals surface area contributed by atoms with Gasteiger partial charge in [0.1, 0.15) is 11.4 Å². The Morgan fingerprint density at radius 2 is 1.31 bits per heavy atom. The van der Waals surface area contributed by atoms with Crippen LogP contribution in [0.3, 0.4) is 0 Å². The lowest BCUT2D eigenvalue weighted by Gasteiger charge is -2.43. The molecule has 2 saturated heterocycles. The number of anilines is 2. The Bertz CT molecular complexity index is 1670. The Morgan fingerprint density at radius 3 is 1.83 bits per heavy atom. The van der Waals surface area contributed by atoms with Gasteiger partial charge in [0, 0.05) is 58.6 Å². The zero-order valence-electron chi connectivity index (χ0n) is 29.8. The number of benzene rings is 2. The number of piperidine rings is 2. The van der Waals surface area contributed by atoms with Crippen molar-refractivity contribution < 1.29 is 9.53 Å². The van der Waals surface area contributed by atoms with Gasteiger partial charge in [0.25, 0.3) is 0 Å². The first-order chi connectivity index (χ1) is 23.0. The molecular weight excluding hydrogens is 598 g/mol. The maximum absolute atomic E-state index is 13.5. The second-order valence-corrected chi connectivity index (χ2v) is 15.1. The maximum atomic E-state index is 13.5. The number of nitrogens with zero attached hydrogens (tertiary/aromatic N) is 7. The molecule has 9 heteroatoms. The molecule has 0 N–H and O–H groups in total. The third-order valence-electron chi connectivity index (χ3n) is 10.3. The first-order valence-electron chi connectivity index (χ1n) is 17.6. The van der Waals surface area contributed by atoms with E-state index in [2.05, 4.69) is 108 Å². The number of fused-ring (bicyclic) bond motifs is 1. The van der Waals surface area contributed by atoms with Crippen molar-refractivity contribution in [1.82, 2.24) is 24.3 Å². The highest BCUT2D eigenvalue weighted by molar-refractivity contribution is 5.94. The van der Waals surface area contributed by atoms with Crippen LogP contribution in [0.25, 0.3) is 11.0 Å². The number of hydrogen-bond donors (Lipinski definition) is 0. The number of ether oxygens (including phenoxy) is 1. The summed E-state index contributed by atoms with van der Waals surface area (Å²) in [6.07, 6.45) is 3.56. The number of likely N-dealkylation sites (N-methyl/N-ethyl adjacent to an activating group) is 2. The molecule has 4 atom stereocenters. The number of aromatic nitrogens is 3. The van der Waals surface area contributed by atoms with Crippen LogP contribution in [0.2, 0.25) is 0 Å². The standard InChI is InChI=1S/C39H53N7O2/c1-28-18-21-44(24-30-14-10-8-11-15-30)26-33(28)42(6)35-32-20-23-46(38(47)48-39(3,4)5)36(32)41-37(40-35)43(7)34-27-45(22-19-29(34)2)25-31-16-12-9-13-17-31/h8-17,20,23,28-29,33-34H,18-19,21-22,24-27H2,1-7H3/t28-,29-,33+,34+/m1/s1. The summed E-state index contributed by atoms with van der Waals surface area (Å²) >= 11 is 0. The molecule has 2 aromatic heterocycles. The molecule has 0 saturated carbocycles. The lowest BCUT2D eigenvalue weighted by atomic mass is 9.92. The van der Waals surface area contributed by atoms with Gasteiger partial charge < -0.3 is 14.5 Å². The fourth-order valence-corrected chi connectivity index (χ4v) is 7.39. The minimum atomic E-state index is -0.626. The van der Waals surface area contributed by atoms with Crippen LogP contribution in [-0.2, 0) is 17.8 Å². The first-order valence-corrected chi connectivity index (χ1v) is 17.6. The molecule has 48 heavy (non-hydrogen) atoms. The Morgan fingerprint density at radius 1 is 0.792 bits per heavy atom. The average molecular weight is 652 g/mol. The van der Waals surface area contributed by atoms with Crippen LogP contribution in [0.1, 0.15) is 58.6 Å². The van der Waals surface area contributed by atoms with Crippen molar-refractivity contribution in [3.05, 3.63) is 84.1 Å². The molecule has 0 aliphatic carbocycles. The molecule has 4 heterocycles. The van der Waals surface area contributed by atoms with E-state index in [1.807, 2.05) is 26.8 Å². The number of rotatable bonds is 8. The molecule has 256 valence electrons. The molecule has 9 nitrogen and oxygen atoms in total. The third kappa shape index (κ3) is 7.68. The van der Waals surface area contributed by atoms with Gasteiger partial charge >= 0.3 is 6.09 Å². The van der Waals surface area contributed by atoms with Crippen molar-refractivity contribution in [2.24, 2.45) is 11.8 Å². The second kappa shape index (κ2) is 14.3. The van der Waals surface area contributed by atoms with E-state index in [0.717, 1.165) is 63.3 Å². The van der Waals surface area contributed by atoms with Gasteiger partial charge in [-0.25, -0.2) is 9.36 Å². The summed E-state index contributed by atoms with van der Waals surface area (Å²) < 4.78 is 7.37. The molecule has 0 bridgehead atoms. The minimum absolute atomic E-state index is 0.220. The monoisotopic (exact) mass is 651 g/mol. The summed E-state index contributed by atoms with van der Waals surface area (Å²) in [6, 6.07) is 23.9. The van der Waals surface area contributed by atoms with Crippen LogP contribution >= 0.6 is 0 Å². The lowest BCUT2D eigenvalue weighted by Crippen LogP contribution is -2.52. The fraction of sp³-hybridized carbons (Fsp3) is 0.513. The molecule has 2 aliphatic heterocycles. The minimum Gasteiger partial charge on any atom is -0.443 e. The number of carbonyl (C=O) groups is 1. The van der Waals surface area contributed by atoms with E-state index >= 15 is 0 Å². The molecule has 6 rings (SSSR count). The van der Waals surface area contributed by atoms with E-state index in [1.54, 1.807) is 10.8 Å². The molecule has 4 aromatic rings. The first kappa shape index (κ1) is 33.9. The van der Waals surface area contributed by atoms with Crippen LogP contribution in [0.5, 0.6) is 0 Å². The number of likely N-dealkylation sites (tertiary alicyclic amines) is 2. The Labute approximate surface area is 286 Å². The smallest absolute Gasteiger partial charge is 0.420 e. The topological polar surface area (TPSA) is 70.0 Å². The molecule has 0 amide bonds. The predicted molar refractivity (Wildman–Crippen MR) is 195 cm³/mol. The van der Waals surface area contributed by atoms with Gasteiger partial charge in [-0.05, 0) is 75.7 Å². The highest BCUT2D eigenvalue weighted by atomic mass is 16.6. The second-order valence-electron chi connectivity index (χ2n) is 15.1. The summed E-state index contributed by atoms with van der Waals surface area (Å²) in [5.41, 5.74) is 2.61. The molecular formula is C39H53N7O2. The Kier molecular flexibility index (Phi) is 10.1. The van der Waals surface area contributed by atoms with E-state index in [9.17, 15) is 4.79 Å². The summed E-state index contributed by atoms with van der Waals surface area (Å²) in [6.45, 7) is 16.2. The van der Waals surface area contributed by atoms with Gasteiger partial charge in [0.2, 0.25) is 5.95 Å². The SMILES string of the molecule is C[C@@H]1CCN(Cc2ccccc2)C[C@@H]1N(C)c1nc(N(C)[C@H]2CN(Cc3ccccc3)CC[C@H]2C)c2ccn(C(=O)OC(C)(C)C)c2n1. The molecule has 0 spiro atoms. The maximum Gasteiger partial charge on any atom is 0.420 e. The van der Waals surface area contributed by atoms with Crippen molar-refractivity contribution in [2.45, 2.75) is 78.2 Å². The molecule has 2 fully saturated rings. The van der Waals surface area contributed by atoms with Gasteiger partial charge in [-0.15, -0.1) is 0 Å². The fourth-order valence-electron chi connectivity index (χ4n) is 7.39. The summed E-state index contributed by atoms with van der Waals surface area (Å²) in [4.78, 5) is 33.6. The molecule has 0 radical (unpaired) electrons. The summed E-state index contributed by atoms with van der Waals surface area (Å²) in [5.74, 6) is 2.43. The molecule has 2 aromatic carbocycles. The molecule has 2 aliphatic rings. The normalized spacial score (nSPS) is 22.5. The summed E-state index contributed by atoms with van der Waals surface area (Å²) in [5, 5.41) is 0.857. The van der Waals surface area contributed by atoms with Crippen LogP contribution in [0, 0.1) is 11.8 Å². The zero-order valence-corrected chi connectivity index (χ0v) is 29.8. The van der Waals surface area contributed by atoms with Crippen LogP contribution in [-0.4, -0.2) is 88.4 Å². The average Bonchev–Trinajstić information content (AvgIpc) is 3.50. The van der Waals surface area contributed by atoms with Crippen molar-refractivity contribution in [2.75, 3.05) is 50.1 Å². The van der Waals surface area contributed by atoms with Gasteiger partial charge in [-0.3, -0.25) is 9.80 Å². The van der Waals surface area contributed by atoms with E-state index in [-0.39, 0.29) is 12.1 Å². The molecule has 0 unspecified atom stereocenters. The number of hydrogen-bond acceptors (Lipinski definition) is 8. The largest absolute Gasteiger partial charge is 0.443 e. The highest BCUT2D eigenvalue weighted by Crippen LogP contribution is 2.34. The zero-order chi connectivity index (χ0) is 34.0. The summed E-state index contributed by atoms with van der Waals surface area (Å²) in [7, 11) is 4.28. The van der Waals surface area contributed by atoms with E-state index < -0.39 is 11.7 Å². The van der Waals surface area contributed by atoms with Crippen molar-refractivity contribution in [3.63, 3.8) is 0 Å². The van der Waals surface area contributed by atoms with Gasteiger partial charge in [-0.2, -0.15) is 9.97 Å². The van der Waals surface area contributed by atoms with E-state index in [4.69, 9.17) is 14.7 Å². The van der Waals surface area contributed by atoms with Crippen molar-refractivity contribution in [1.29, 1.82) is 0 Å². The van der Waals surface area contributed by atoms with Gasteiger partial charge in [0.05, 0.1) is 5.39 Å². The number of carbonyl (C=O) groups excluding carboxylic acids is 1. The van der Waals surface area contributed by atoms with Crippen molar-refractivity contribution >= 4 is 28.9 Å². The van der Waals surface area contributed by atoms with E-state index in [0.29, 0.717) is 23.4 Å². The third-order valence-corrected chi connectivity index (χ3v) is 10.3. The predicted octanol–water partition coefficient (Wildman–Crippen LogP) is 6.91. The van der Waals surface area contributed by atoms with E-state index in [1.165, 1.54) is 11.1 Å². The Hall–Kier alpha value is -3.95. The van der Waals surface area contributed by atoms with Crippen LogP contribution in [0.4, 0.5) is 16.6 Å².